The molecule has 1 unspecified atom stereocenters. The van der Waals surface area contributed by atoms with Gasteiger partial charge in [0.15, 0.2) is 5.25 Å². The minimum Gasteiger partial charge on any atom is -0.480 e. The number of aliphatic carboxylic acids is 1. The van der Waals surface area contributed by atoms with Crippen LogP contribution in [0.25, 0.3) is 0 Å². The number of hydrogen-bond acceptors (Lipinski definition) is 4. The van der Waals surface area contributed by atoms with Gasteiger partial charge in [0.1, 0.15) is 0 Å². The molecule has 0 aromatic carbocycles. The van der Waals surface area contributed by atoms with Gasteiger partial charge in [0.05, 0.1) is 0 Å². The number of sulfonamides is 1. The molecule has 0 aliphatic carbocycles. The van der Waals surface area contributed by atoms with Gasteiger partial charge in [-0.05, 0) is 6.92 Å². The SMILES string of the molecule is CC(C)NCCNS(=O)(=O)C(C)C(=O)O. The van der Waals surface area contributed by atoms with E-state index in [-0.39, 0.29) is 12.6 Å². The molecule has 90 valence electrons. The maximum atomic E-state index is 11.3. The Bertz CT molecular complexity index is 300. The molecule has 0 aromatic heterocycles. The molecule has 0 saturated heterocycles. The fourth-order valence-electron chi connectivity index (χ4n) is 0.812. The predicted octanol–water partition coefficient (Wildman–Crippen LogP) is -0.623. The lowest BCUT2D eigenvalue weighted by atomic mass is 10.4. The van der Waals surface area contributed by atoms with Crippen LogP contribution in [0.3, 0.4) is 0 Å². The maximum absolute atomic E-state index is 11.3. The summed E-state index contributed by atoms with van der Waals surface area (Å²) >= 11 is 0. The van der Waals surface area contributed by atoms with Crippen LogP contribution in [0, 0.1) is 0 Å². The first-order valence-electron chi connectivity index (χ1n) is 4.72. The normalized spacial score (nSPS) is 14.1. The third-order valence-corrected chi connectivity index (χ3v) is 3.53. The minimum atomic E-state index is -3.75. The largest absolute Gasteiger partial charge is 0.480 e. The van der Waals surface area contributed by atoms with Crippen molar-refractivity contribution in [1.82, 2.24) is 10.0 Å². The van der Waals surface area contributed by atoms with E-state index in [2.05, 4.69) is 10.0 Å². The van der Waals surface area contributed by atoms with Crippen molar-refractivity contribution in [2.45, 2.75) is 32.1 Å². The van der Waals surface area contributed by atoms with E-state index in [1.165, 1.54) is 0 Å². The molecule has 0 aliphatic heterocycles. The van der Waals surface area contributed by atoms with Gasteiger partial charge in [-0.1, -0.05) is 13.8 Å². The van der Waals surface area contributed by atoms with Crippen molar-refractivity contribution in [3.8, 4) is 0 Å². The second-order valence-corrected chi connectivity index (χ2v) is 5.61. The van der Waals surface area contributed by atoms with Gasteiger partial charge >= 0.3 is 5.97 Å². The maximum Gasteiger partial charge on any atom is 0.323 e. The van der Waals surface area contributed by atoms with E-state index in [9.17, 15) is 13.2 Å². The summed E-state index contributed by atoms with van der Waals surface area (Å²) in [5.41, 5.74) is 0. The summed E-state index contributed by atoms with van der Waals surface area (Å²) in [6.07, 6.45) is 0. The van der Waals surface area contributed by atoms with Crippen LogP contribution in [-0.4, -0.2) is 43.9 Å². The van der Waals surface area contributed by atoms with Gasteiger partial charge in [0, 0.05) is 19.1 Å². The van der Waals surface area contributed by atoms with E-state index in [1.54, 1.807) is 0 Å². The summed E-state index contributed by atoms with van der Waals surface area (Å²) < 4.78 is 24.8. The quantitative estimate of drug-likeness (QED) is 0.514. The molecule has 0 aromatic rings. The van der Waals surface area contributed by atoms with E-state index in [0.717, 1.165) is 6.92 Å². The lowest BCUT2D eigenvalue weighted by Gasteiger charge is -2.11. The van der Waals surface area contributed by atoms with E-state index in [4.69, 9.17) is 5.11 Å². The molecule has 0 radical (unpaired) electrons. The van der Waals surface area contributed by atoms with Crippen LogP contribution < -0.4 is 10.0 Å². The van der Waals surface area contributed by atoms with Gasteiger partial charge in [-0.3, -0.25) is 4.79 Å². The Morgan fingerprint density at radius 2 is 1.80 bits per heavy atom. The number of carboxylic acids is 1. The fourth-order valence-corrected chi connectivity index (χ4v) is 1.71. The summed E-state index contributed by atoms with van der Waals surface area (Å²) in [5.74, 6) is -1.35. The number of carbonyl (C=O) groups is 1. The highest BCUT2D eigenvalue weighted by Gasteiger charge is 2.26. The molecule has 0 saturated carbocycles. The summed E-state index contributed by atoms with van der Waals surface area (Å²) in [4.78, 5) is 10.5. The van der Waals surface area contributed by atoms with Crippen molar-refractivity contribution in [1.29, 1.82) is 0 Å². The molecule has 0 heterocycles. The molecule has 7 heteroatoms. The van der Waals surface area contributed by atoms with Crippen molar-refractivity contribution in [3.05, 3.63) is 0 Å². The zero-order chi connectivity index (χ0) is 12.1. The van der Waals surface area contributed by atoms with Crippen LogP contribution in [0.4, 0.5) is 0 Å². The number of nitrogens with one attached hydrogen (secondary N) is 2. The first-order valence-corrected chi connectivity index (χ1v) is 6.26. The van der Waals surface area contributed by atoms with Gasteiger partial charge in [-0.2, -0.15) is 0 Å². The lowest BCUT2D eigenvalue weighted by molar-refractivity contribution is -0.136. The van der Waals surface area contributed by atoms with E-state index >= 15 is 0 Å². The summed E-state index contributed by atoms with van der Waals surface area (Å²) in [6, 6.07) is 0.270. The van der Waals surface area contributed by atoms with Crippen molar-refractivity contribution >= 4 is 16.0 Å². The van der Waals surface area contributed by atoms with Gasteiger partial charge < -0.3 is 10.4 Å². The molecular weight excluding hydrogens is 220 g/mol. The average molecular weight is 238 g/mol. The molecular formula is C8H18N2O4S. The molecule has 0 fully saturated rings. The Morgan fingerprint density at radius 3 is 2.20 bits per heavy atom. The van der Waals surface area contributed by atoms with Crippen LogP contribution in [-0.2, 0) is 14.8 Å². The highest BCUT2D eigenvalue weighted by molar-refractivity contribution is 7.90. The highest BCUT2D eigenvalue weighted by atomic mass is 32.2. The fraction of sp³-hybridized carbons (Fsp3) is 0.875. The molecule has 15 heavy (non-hydrogen) atoms. The van der Waals surface area contributed by atoms with Crippen LogP contribution in [0.5, 0.6) is 0 Å². The van der Waals surface area contributed by atoms with Gasteiger partial charge in [0.2, 0.25) is 10.0 Å². The molecule has 1 atom stereocenters. The molecule has 0 bridgehead atoms. The zero-order valence-corrected chi connectivity index (χ0v) is 9.97. The van der Waals surface area contributed by atoms with Gasteiger partial charge in [-0.15, -0.1) is 0 Å². The third kappa shape index (κ3) is 5.71. The summed E-state index contributed by atoms with van der Waals surface area (Å²) in [5, 5.41) is 10.1. The molecule has 0 rings (SSSR count). The first kappa shape index (κ1) is 14.3. The smallest absolute Gasteiger partial charge is 0.323 e. The highest BCUT2D eigenvalue weighted by Crippen LogP contribution is 1.97. The molecule has 3 N–H and O–H groups in total. The first-order chi connectivity index (χ1) is 6.77. The topological polar surface area (TPSA) is 95.5 Å². The van der Waals surface area contributed by atoms with Crippen molar-refractivity contribution in [2.75, 3.05) is 13.1 Å². The monoisotopic (exact) mass is 238 g/mol. The average Bonchev–Trinajstić information content (AvgIpc) is 2.10. The standard InChI is InChI=1S/C8H18N2O4S/c1-6(2)9-4-5-10-15(13,14)7(3)8(11)12/h6-7,9-10H,4-5H2,1-3H3,(H,11,12). The molecule has 0 aliphatic rings. The Morgan fingerprint density at radius 1 is 1.27 bits per heavy atom. The van der Waals surface area contributed by atoms with Gasteiger partial charge in [0.25, 0.3) is 0 Å². The summed E-state index contributed by atoms with van der Waals surface area (Å²) in [6.45, 7) is 5.69. The van der Waals surface area contributed by atoms with Crippen LogP contribution in [0.15, 0.2) is 0 Å². The van der Waals surface area contributed by atoms with Crippen molar-refractivity contribution < 1.29 is 18.3 Å². The second-order valence-electron chi connectivity index (χ2n) is 3.53. The van der Waals surface area contributed by atoms with Crippen LogP contribution in [0.2, 0.25) is 0 Å². The Hall–Kier alpha value is -0.660. The summed E-state index contributed by atoms with van der Waals surface area (Å²) in [7, 11) is -3.75. The van der Waals surface area contributed by atoms with Gasteiger partial charge in [-0.25, -0.2) is 13.1 Å². The Balaban J connectivity index is 4.01. The Kier molecular flexibility index (Phi) is 5.77. The number of carboxylic acid groups (broad SMARTS) is 1. The number of rotatable bonds is 7. The lowest BCUT2D eigenvalue weighted by Crippen LogP contribution is -2.41. The second kappa shape index (κ2) is 6.04. The third-order valence-electron chi connectivity index (χ3n) is 1.79. The van der Waals surface area contributed by atoms with Crippen LogP contribution in [0.1, 0.15) is 20.8 Å². The molecule has 0 amide bonds. The van der Waals surface area contributed by atoms with Crippen molar-refractivity contribution in [3.63, 3.8) is 0 Å². The van der Waals surface area contributed by atoms with E-state index < -0.39 is 21.2 Å². The van der Waals surface area contributed by atoms with E-state index in [0.29, 0.717) is 6.54 Å². The molecule has 6 nitrogen and oxygen atoms in total. The zero-order valence-electron chi connectivity index (χ0n) is 9.15. The minimum absolute atomic E-state index is 0.193. The number of hydrogen-bond donors (Lipinski definition) is 3. The Labute approximate surface area is 90.1 Å². The van der Waals surface area contributed by atoms with Crippen molar-refractivity contribution in [2.24, 2.45) is 0 Å². The van der Waals surface area contributed by atoms with E-state index in [1.807, 2.05) is 13.8 Å². The molecule has 0 spiro atoms. The van der Waals surface area contributed by atoms with Crippen LogP contribution >= 0.6 is 0 Å². The predicted molar refractivity (Wildman–Crippen MR) is 57.2 cm³/mol.